The lowest BCUT2D eigenvalue weighted by Crippen LogP contribution is -2.43. The Hall–Kier alpha value is -0.650. The predicted molar refractivity (Wildman–Crippen MR) is 42.5 cm³/mol. The van der Waals surface area contributed by atoms with E-state index in [4.69, 9.17) is 15.1 Å². The van der Waals surface area contributed by atoms with Gasteiger partial charge in [0.15, 0.2) is 6.04 Å². The minimum Gasteiger partial charge on any atom is -0.480 e. The van der Waals surface area contributed by atoms with Gasteiger partial charge in [-0.15, -0.1) is 0 Å². The van der Waals surface area contributed by atoms with Crippen molar-refractivity contribution in [2.24, 2.45) is 0 Å². The van der Waals surface area contributed by atoms with E-state index in [1.54, 1.807) is 20.8 Å². The number of nitrogens with one attached hydrogen (secondary N) is 1. The van der Waals surface area contributed by atoms with Crippen molar-refractivity contribution in [1.82, 2.24) is 5.48 Å². The van der Waals surface area contributed by atoms with Gasteiger partial charge in [-0.1, -0.05) is 0 Å². The zero-order chi connectivity index (χ0) is 9.78. The third-order valence-electron chi connectivity index (χ3n) is 0.988. The summed E-state index contributed by atoms with van der Waals surface area (Å²) in [4.78, 5) is 15.3. The van der Waals surface area contributed by atoms with E-state index in [1.807, 2.05) is 0 Å². The van der Waals surface area contributed by atoms with E-state index in [2.05, 4.69) is 5.48 Å². The summed E-state index contributed by atoms with van der Waals surface area (Å²) in [6.45, 7) is 4.83. The standard InChI is InChI=1S/C7H15NO4/c1-7(2,3)12-8-5(4-9)6(10)11/h5,8-9H,4H2,1-3H3,(H,10,11). The summed E-state index contributed by atoms with van der Waals surface area (Å²) in [7, 11) is 0. The minimum absolute atomic E-state index is 0.469. The van der Waals surface area contributed by atoms with Gasteiger partial charge < -0.3 is 10.2 Å². The number of rotatable bonds is 4. The molecule has 0 heterocycles. The first-order valence-corrected chi connectivity index (χ1v) is 3.64. The average molecular weight is 177 g/mol. The number of carbonyl (C=O) groups is 1. The van der Waals surface area contributed by atoms with Crippen molar-refractivity contribution in [3.05, 3.63) is 0 Å². The molecular formula is C7H15NO4. The summed E-state index contributed by atoms with van der Waals surface area (Å²) in [5.41, 5.74) is 1.79. The maximum atomic E-state index is 10.3. The molecule has 0 rings (SSSR count). The van der Waals surface area contributed by atoms with Gasteiger partial charge in [0.1, 0.15) is 0 Å². The van der Waals surface area contributed by atoms with Crippen molar-refractivity contribution in [2.75, 3.05) is 6.61 Å². The summed E-state index contributed by atoms with van der Waals surface area (Å²) >= 11 is 0. The maximum absolute atomic E-state index is 10.3. The Labute approximate surface area is 71.3 Å². The maximum Gasteiger partial charge on any atom is 0.325 e. The van der Waals surface area contributed by atoms with Crippen LogP contribution in [0.1, 0.15) is 20.8 Å². The van der Waals surface area contributed by atoms with Gasteiger partial charge in [0.05, 0.1) is 12.2 Å². The predicted octanol–water partition coefficient (Wildman–Crippen LogP) is -0.248. The van der Waals surface area contributed by atoms with Crippen molar-refractivity contribution in [1.29, 1.82) is 0 Å². The first kappa shape index (κ1) is 11.4. The van der Waals surface area contributed by atoms with Gasteiger partial charge in [0, 0.05) is 0 Å². The number of hydroxylamine groups is 1. The molecule has 0 amide bonds. The van der Waals surface area contributed by atoms with E-state index in [0.717, 1.165) is 0 Å². The second kappa shape index (κ2) is 4.39. The SMILES string of the molecule is CC(C)(C)ONC(CO)C(=O)O. The molecule has 0 saturated carbocycles. The monoisotopic (exact) mass is 177 g/mol. The van der Waals surface area contributed by atoms with E-state index in [0.29, 0.717) is 0 Å². The molecule has 0 aromatic rings. The molecule has 0 aliphatic heterocycles. The van der Waals surface area contributed by atoms with Crippen LogP contribution in [0.5, 0.6) is 0 Å². The van der Waals surface area contributed by atoms with Crippen LogP contribution in [0.3, 0.4) is 0 Å². The van der Waals surface area contributed by atoms with Gasteiger partial charge in [-0.3, -0.25) is 9.63 Å². The highest BCUT2D eigenvalue weighted by atomic mass is 16.7. The molecule has 5 heteroatoms. The molecule has 0 saturated heterocycles. The quantitative estimate of drug-likeness (QED) is 0.516. The van der Waals surface area contributed by atoms with Crippen molar-refractivity contribution in [3.8, 4) is 0 Å². The topological polar surface area (TPSA) is 78.8 Å². The molecule has 1 atom stereocenters. The highest BCUT2D eigenvalue weighted by Gasteiger charge is 2.19. The highest BCUT2D eigenvalue weighted by Crippen LogP contribution is 2.04. The van der Waals surface area contributed by atoms with E-state index in [9.17, 15) is 4.79 Å². The van der Waals surface area contributed by atoms with Crippen LogP contribution in [0.4, 0.5) is 0 Å². The van der Waals surface area contributed by atoms with Gasteiger partial charge in [0.25, 0.3) is 0 Å². The third kappa shape index (κ3) is 5.06. The number of aliphatic carboxylic acids is 1. The summed E-state index contributed by atoms with van der Waals surface area (Å²) in [5, 5.41) is 17.0. The van der Waals surface area contributed by atoms with Crippen molar-refractivity contribution < 1.29 is 19.8 Å². The molecule has 0 fully saturated rings. The van der Waals surface area contributed by atoms with Gasteiger partial charge in [0.2, 0.25) is 0 Å². The van der Waals surface area contributed by atoms with Gasteiger partial charge in [-0.25, -0.2) is 0 Å². The lowest BCUT2D eigenvalue weighted by molar-refractivity contribution is -0.152. The number of aliphatic hydroxyl groups excluding tert-OH is 1. The van der Waals surface area contributed by atoms with E-state index in [1.165, 1.54) is 0 Å². The van der Waals surface area contributed by atoms with E-state index < -0.39 is 24.2 Å². The highest BCUT2D eigenvalue weighted by molar-refractivity contribution is 5.73. The number of carboxylic acid groups (broad SMARTS) is 1. The first-order valence-electron chi connectivity index (χ1n) is 3.64. The Morgan fingerprint density at radius 3 is 2.33 bits per heavy atom. The van der Waals surface area contributed by atoms with Crippen LogP contribution in [0.15, 0.2) is 0 Å². The number of aliphatic hydroxyl groups is 1. The molecule has 0 aliphatic rings. The lowest BCUT2D eigenvalue weighted by atomic mass is 10.2. The minimum atomic E-state index is -1.14. The van der Waals surface area contributed by atoms with Gasteiger partial charge in [-0.2, -0.15) is 5.48 Å². The number of hydrogen-bond acceptors (Lipinski definition) is 4. The first-order chi connectivity index (χ1) is 5.37. The molecule has 3 N–H and O–H groups in total. The summed E-state index contributed by atoms with van der Waals surface area (Å²) in [6, 6.07) is -1.07. The molecule has 0 bridgehead atoms. The molecule has 0 aliphatic carbocycles. The second-order valence-corrected chi connectivity index (χ2v) is 3.41. The Kier molecular flexibility index (Phi) is 4.16. The van der Waals surface area contributed by atoms with Crippen LogP contribution in [0.2, 0.25) is 0 Å². The zero-order valence-electron chi connectivity index (χ0n) is 7.50. The van der Waals surface area contributed by atoms with Crippen molar-refractivity contribution in [2.45, 2.75) is 32.4 Å². The molecule has 72 valence electrons. The fourth-order valence-corrected chi connectivity index (χ4v) is 0.414. The van der Waals surface area contributed by atoms with Crippen LogP contribution in [0.25, 0.3) is 0 Å². The molecule has 0 radical (unpaired) electrons. The fourth-order valence-electron chi connectivity index (χ4n) is 0.414. The summed E-state index contributed by atoms with van der Waals surface area (Å²) in [6.07, 6.45) is 0. The summed E-state index contributed by atoms with van der Waals surface area (Å²) in [5.74, 6) is -1.14. The third-order valence-corrected chi connectivity index (χ3v) is 0.988. The van der Waals surface area contributed by atoms with Gasteiger partial charge >= 0.3 is 5.97 Å². The normalized spacial score (nSPS) is 14.3. The summed E-state index contributed by atoms with van der Waals surface area (Å²) < 4.78 is 0. The van der Waals surface area contributed by atoms with Crippen LogP contribution in [-0.2, 0) is 9.63 Å². The average Bonchev–Trinajstić information content (AvgIpc) is 1.85. The van der Waals surface area contributed by atoms with Gasteiger partial charge in [-0.05, 0) is 20.8 Å². The lowest BCUT2D eigenvalue weighted by Gasteiger charge is -2.21. The smallest absolute Gasteiger partial charge is 0.325 e. The Morgan fingerprint density at radius 2 is 2.08 bits per heavy atom. The van der Waals surface area contributed by atoms with Crippen molar-refractivity contribution >= 4 is 5.97 Å². The molecule has 0 aromatic heterocycles. The zero-order valence-corrected chi connectivity index (χ0v) is 7.50. The Bertz CT molecular complexity index is 152. The fraction of sp³-hybridized carbons (Fsp3) is 0.857. The van der Waals surface area contributed by atoms with Crippen LogP contribution in [-0.4, -0.2) is 34.4 Å². The van der Waals surface area contributed by atoms with E-state index in [-0.39, 0.29) is 0 Å². The van der Waals surface area contributed by atoms with Crippen LogP contribution >= 0.6 is 0 Å². The molecular weight excluding hydrogens is 162 g/mol. The molecule has 0 aromatic carbocycles. The Balaban J connectivity index is 3.81. The second-order valence-electron chi connectivity index (χ2n) is 3.41. The number of carboxylic acids is 1. The van der Waals surface area contributed by atoms with E-state index >= 15 is 0 Å². The largest absolute Gasteiger partial charge is 0.480 e. The molecule has 5 nitrogen and oxygen atoms in total. The van der Waals surface area contributed by atoms with Crippen LogP contribution < -0.4 is 5.48 Å². The molecule has 1 unspecified atom stereocenters. The Morgan fingerprint density at radius 1 is 1.58 bits per heavy atom. The van der Waals surface area contributed by atoms with Crippen molar-refractivity contribution in [3.63, 3.8) is 0 Å². The van der Waals surface area contributed by atoms with Crippen LogP contribution in [0, 0.1) is 0 Å². The number of hydrogen-bond donors (Lipinski definition) is 3. The molecule has 12 heavy (non-hydrogen) atoms. The molecule has 0 spiro atoms.